The maximum Gasteiger partial charge on any atom is 0.225 e. The van der Waals surface area contributed by atoms with E-state index in [1.807, 2.05) is 18.5 Å². The first kappa shape index (κ1) is 17.1. The highest BCUT2D eigenvalue weighted by molar-refractivity contribution is 5.30. The number of fused-ring (bicyclic) bond motifs is 4. The summed E-state index contributed by atoms with van der Waals surface area (Å²) in [5.41, 5.74) is 8.28. The predicted octanol–water partition coefficient (Wildman–Crippen LogP) is 1.84. The summed E-state index contributed by atoms with van der Waals surface area (Å²) >= 11 is 0. The zero-order valence-electron chi connectivity index (χ0n) is 15.7. The van der Waals surface area contributed by atoms with Crippen LogP contribution in [0.3, 0.4) is 0 Å². The summed E-state index contributed by atoms with van der Waals surface area (Å²) in [5, 5.41) is 0. The number of piperidine rings is 1. The summed E-state index contributed by atoms with van der Waals surface area (Å²) in [6, 6.07) is 13.7. The Morgan fingerprint density at radius 1 is 0.963 bits per heavy atom. The fourth-order valence-electron chi connectivity index (χ4n) is 5.04. The van der Waals surface area contributed by atoms with E-state index in [0.717, 1.165) is 32.1 Å². The molecule has 0 saturated carbocycles. The Morgan fingerprint density at radius 2 is 1.81 bits per heavy atom. The lowest BCUT2D eigenvalue weighted by Crippen LogP contribution is -2.47. The Balaban J connectivity index is 1.30. The van der Waals surface area contributed by atoms with Crippen LogP contribution in [0.5, 0.6) is 0 Å². The molecular weight excluding hydrogens is 336 g/mol. The van der Waals surface area contributed by atoms with Gasteiger partial charge in [-0.2, -0.15) is 0 Å². The van der Waals surface area contributed by atoms with E-state index in [-0.39, 0.29) is 0 Å². The zero-order valence-corrected chi connectivity index (χ0v) is 15.7. The number of nitrogens with zero attached hydrogens (tertiary/aromatic N) is 4. The van der Waals surface area contributed by atoms with E-state index in [0.29, 0.717) is 23.9 Å². The summed E-state index contributed by atoms with van der Waals surface area (Å²) in [4.78, 5) is 14.1. The molecule has 2 unspecified atom stereocenters. The number of aromatic nitrogens is 2. The highest BCUT2D eigenvalue weighted by atomic mass is 15.4. The Morgan fingerprint density at radius 3 is 2.67 bits per heavy atom. The molecule has 6 heteroatoms. The van der Waals surface area contributed by atoms with Gasteiger partial charge in [0.1, 0.15) is 0 Å². The topological polar surface area (TPSA) is 56.3 Å². The monoisotopic (exact) mass is 364 g/mol. The first-order valence-corrected chi connectivity index (χ1v) is 10.2. The molecule has 5 heterocycles. The summed E-state index contributed by atoms with van der Waals surface area (Å²) in [6.45, 7) is 5.50. The van der Waals surface area contributed by atoms with Crippen LogP contribution in [0.4, 0.5) is 5.95 Å². The van der Waals surface area contributed by atoms with Crippen LogP contribution in [-0.2, 0) is 0 Å². The van der Waals surface area contributed by atoms with Crippen LogP contribution < -0.4 is 15.8 Å². The van der Waals surface area contributed by atoms with Crippen molar-refractivity contribution in [2.75, 3.05) is 37.6 Å². The maximum absolute atomic E-state index is 4.50. The molecule has 4 saturated heterocycles. The minimum Gasteiger partial charge on any atom is -0.339 e. The van der Waals surface area contributed by atoms with E-state index in [4.69, 9.17) is 0 Å². The van der Waals surface area contributed by atoms with Crippen LogP contribution in [0.15, 0.2) is 48.8 Å². The second kappa shape index (κ2) is 7.54. The van der Waals surface area contributed by atoms with Crippen molar-refractivity contribution in [2.24, 2.45) is 11.8 Å². The largest absolute Gasteiger partial charge is 0.339 e. The smallest absolute Gasteiger partial charge is 0.225 e. The van der Waals surface area contributed by atoms with Gasteiger partial charge in [0.05, 0.1) is 6.04 Å². The van der Waals surface area contributed by atoms with E-state index < -0.39 is 0 Å². The van der Waals surface area contributed by atoms with Gasteiger partial charge in [0, 0.05) is 57.1 Å². The Labute approximate surface area is 161 Å². The van der Waals surface area contributed by atoms with Crippen LogP contribution in [0.2, 0.25) is 0 Å². The molecule has 0 amide bonds. The van der Waals surface area contributed by atoms with Crippen LogP contribution in [0.1, 0.15) is 24.4 Å². The third kappa shape index (κ3) is 3.57. The molecule has 2 N–H and O–H groups in total. The maximum atomic E-state index is 4.50. The fraction of sp³-hybridized carbons (Fsp3) is 0.524. The van der Waals surface area contributed by atoms with Gasteiger partial charge in [-0.05, 0) is 30.4 Å². The van der Waals surface area contributed by atoms with E-state index >= 15 is 0 Å². The van der Waals surface area contributed by atoms with Crippen molar-refractivity contribution in [3.63, 3.8) is 0 Å². The van der Waals surface area contributed by atoms with Crippen LogP contribution in [-0.4, -0.2) is 53.6 Å². The van der Waals surface area contributed by atoms with Gasteiger partial charge in [-0.15, -0.1) is 0 Å². The van der Waals surface area contributed by atoms with Gasteiger partial charge in [-0.1, -0.05) is 30.3 Å². The van der Waals surface area contributed by atoms with Gasteiger partial charge in [0.2, 0.25) is 5.95 Å². The van der Waals surface area contributed by atoms with Crippen molar-refractivity contribution in [1.82, 2.24) is 25.7 Å². The van der Waals surface area contributed by atoms with E-state index in [2.05, 4.69) is 61.0 Å². The molecule has 4 aliphatic rings. The van der Waals surface area contributed by atoms with Gasteiger partial charge in [0.25, 0.3) is 0 Å². The second-order valence-corrected chi connectivity index (χ2v) is 8.18. The highest BCUT2D eigenvalue weighted by Gasteiger charge is 2.38. The number of anilines is 1. The van der Waals surface area contributed by atoms with E-state index in [1.54, 1.807) is 0 Å². The van der Waals surface area contributed by atoms with E-state index in [9.17, 15) is 0 Å². The fourth-order valence-corrected chi connectivity index (χ4v) is 5.04. The summed E-state index contributed by atoms with van der Waals surface area (Å²) < 4.78 is 0. The van der Waals surface area contributed by atoms with Crippen molar-refractivity contribution in [3.05, 3.63) is 54.4 Å². The van der Waals surface area contributed by atoms with Crippen molar-refractivity contribution in [2.45, 2.75) is 24.9 Å². The minimum atomic E-state index is 0.390. The molecule has 6 nitrogen and oxygen atoms in total. The third-order valence-electron chi connectivity index (χ3n) is 6.38. The quantitative estimate of drug-likeness (QED) is 0.864. The van der Waals surface area contributed by atoms with Gasteiger partial charge < -0.3 is 4.90 Å². The normalized spacial score (nSPS) is 31.2. The molecule has 0 radical (unpaired) electrons. The number of benzene rings is 1. The summed E-state index contributed by atoms with van der Waals surface area (Å²) in [6.07, 6.45) is 6.33. The average molecular weight is 364 g/mol. The molecule has 27 heavy (non-hydrogen) atoms. The predicted molar refractivity (Wildman–Crippen MR) is 106 cm³/mol. The summed E-state index contributed by atoms with van der Waals surface area (Å²) in [7, 11) is 0. The standard InChI is InChI=1S/C21H28N6/c1-2-5-17(6-3-1)20-18(11-24-25-20)14-26-12-16-7-8-19(26)15-27(13-16)21-22-9-4-10-23-21/h1-6,9-10,16,18-20,24-25H,7-8,11-15H2/t16-,18?,19-,20?/m1/s1. The molecule has 142 valence electrons. The Bertz CT molecular complexity index is 739. The molecule has 2 aromatic rings. The van der Waals surface area contributed by atoms with Gasteiger partial charge in [-0.3, -0.25) is 10.3 Å². The van der Waals surface area contributed by atoms with Gasteiger partial charge in [-0.25, -0.2) is 15.4 Å². The Hall–Kier alpha value is -2.02. The lowest BCUT2D eigenvalue weighted by Gasteiger charge is -2.38. The zero-order chi connectivity index (χ0) is 18.1. The molecule has 4 atom stereocenters. The molecule has 0 aliphatic carbocycles. The summed E-state index contributed by atoms with van der Waals surface area (Å²) in [5.74, 6) is 2.20. The molecular formula is C21H28N6. The molecule has 0 spiro atoms. The second-order valence-electron chi connectivity index (χ2n) is 8.18. The van der Waals surface area contributed by atoms with Crippen LogP contribution >= 0.6 is 0 Å². The average Bonchev–Trinajstić information content (AvgIpc) is 2.99. The van der Waals surface area contributed by atoms with Gasteiger partial charge >= 0.3 is 0 Å². The Kier molecular flexibility index (Phi) is 4.78. The van der Waals surface area contributed by atoms with Crippen LogP contribution in [0, 0.1) is 11.8 Å². The molecule has 4 fully saturated rings. The SMILES string of the molecule is c1ccc(C2NNCC2CN2C[C@H]3CC[C@@H]2CN(c2ncccn2)C3)cc1. The molecule has 1 aromatic heterocycles. The van der Waals surface area contributed by atoms with Crippen molar-refractivity contribution >= 4 is 5.95 Å². The lowest BCUT2D eigenvalue weighted by molar-refractivity contribution is 0.112. The van der Waals surface area contributed by atoms with Crippen molar-refractivity contribution < 1.29 is 0 Å². The lowest BCUT2D eigenvalue weighted by atomic mass is 9.90. The minimum absolute atomic E-state index is 0.390. The van der Waals surface area contributed by atoms with Gasteiger partial charge in [0.15, 0.2) is 0 Å². The highest BCUT2D eigenvalue weighted by Crippen LogP contribution is 2.32. The number of hydrogen-bond acceptors (Lipinski definition) is 6. The van der Waals surface area contributed by atoms with E-state index in [1.165, 1.54) is 24.9 Å². The number of nitrogens with one attached hydrogen (secondary N) is 2. The molecule has 4 aliphatic heterocycles. The number of hydrazine groups is 1. The van der Waals surface area contributed by atoms with Crippen molar-refractivity contribution in [1.29, 1.82) is 0 Å². The number of rotatable bonds is 4. The first-order valence-electron chi connectivity index (χ1n) is 10.2. The van der Waals surface area contributed by atoms with Crippen LogP contribution in [0.25, 0.3) is 0 Å². The number of hydrogen-bond donors (Lipinski definition) is 2. The molecule has 6 rings (SSSR count). The first-order chi connectivity index (χ1) is 13.4. The third-order valence-corrected chi connectivity index (χ3v) is 6.38. The van der Waals surface area contributed by atoms with Crippen molar-refractivity contribution in [3.8, 4) is 0 Å². The molecule has 1 aromatic carbocycles. The molecule has 2 bridgehead atoms.